The summed E-state index contributed by atoms with van der Waals surface area (Å²) in [5, 5.41) is 10.7. The quantitative estimate of drug-likeness (QED) is 0.464. The monoisotopic (exact) mass is 434 g/mol. The van der Waals surface area contributed by atoms with Gasteiger partial charge in [0.2, 0.25) is 15.4 Å². The minimum Gasteiger partial charge on any atom is -0.300 e. The molecule has 7 nitrogen and oxygen atoms in total. The molecule has 2 rings (SSSR count). The van der Waals surface area contributed by atoms with Crippen molar-refractivity contribution in [1.82, 2.24) is 14.9 Å². The lowest BCUT2D eigenvalue weighted by Crippen LogP contribution is -2.26. The summed E-state index contributed by atoms with van der Waals surface area (Å²) in [5.41, 5.74) is 1.12. The molecule has 0 unspecified atom stereocenters. The second-order valence-corrected chi connectivity index (χ2v) is 10.1. The molecule has 0 aliphatic carbocycles. The van der Waals surface area contributed by atoms with Gasteiger partial charge in [-0.15, -0.1) is 10.2 Å². The molecule has 1 heterocycles. The van der Waals surface area contributed by atoms with Crippen LogP contribution in [-0.4, -0.2) is 36.8 Å². The Hall–Kier alpha value is -1.20. The van der Waals surface area contributed by atoms with E-state index >= 15 is 0 Å². The molecule has 142 valence electrons. The highest BCUT2D eigenvalue weighted by atomic mass is 35.5. The fourth-order valence-electron chi connectivity index (χ4n) is 1.70. The number of benzene rings is 1. The number of sulfonamides is 1. The molecule has 2 N–H and O–H groups in total. The first-order valence-electron chi connectivity index (χ1n) is 7.74. The molecule has 2 aromatic rings. The van der Waals surface area contributed by atoms with Crippen LogP contribution in [0.15, 0.2) is 28.6 Å². The standard InChI is InChI=1S/C15H19ClN4O3S3/c1-10(2)13(21)18-14-19-20-15(25-14)26(22,23)17-7-8-24-9-11-3-5-12(16)6-4-11/h3-6,10,17H,7-9H2,1-2H3,(H,18,19,21). The van der Waals surface area contributed by atoms with Crippen LogP contribution in [0.25, 0.3) is 0 Å². The molecule has 1 aromatic carbocycles. The third-order valence-corrected chi connectivity index (χ3v) is 7.06. The van der Waals surface area contributed by atoms with Crippen LogP contribution < -0.4 is 10.0 Å². The van der Waals surface area contributed by atoms with Crippen LogP contribution in [0.1, 0.15) is 19.4 Å². The van der Waals surface area contributed by atoms with Crippen LogP contribution in [-0.2, 0) is 20.6 Å². The highest BCUT2D eigenvalue weighted by Crippen LogP contribution is 2.20. The number of rotatable bonds is 9. The minimum atomic E-state index is -3.73. The van der Waals surface area contributed by atoms with Gasteiger partial charge in [-0.25, -0.2) is 13.1 Å². The average Bonchev–Trinajstić information content (AvgIpc) is 3.05. The summed E-state index contributed by atoms with van der Waals surface area (Å²) in [4.78, 5) is 11.6. The molecular weight excluding hydrogens is 416 g/mol. The van der Waals surface area contributed by atoms with Gasteiger partial charge in [0.15, 0.2) is 0 Å². The SMILES string of the molecule is CC(C)C(=O)Nc1nnc(S(=O)(=O)NCCSCc2ccc(Cl)cc2)s1. The van der Waals surface area contributed by atoms with Crippen molar-refractivity contribution in [3.8, 4) is 0 Å². The molecule has 0 bridgehead atoms. The number of hydrogen-bond donors (Lipinski definition) is 2. The third kappa shape index (κ3) is 6.51. The maximum Gasteiger partial charge on any atom is 0.269 e. The fraction of sp³-hybridized carbons (Fsp3) is 0.400. The molecule has 0 aliphatic heterocycles. The summed E-state index contributed by atoms with van der Waals surface area (Å²) in [6, 6.07) is 7.53. The topological polar surface area (TPSA) is 101 Å². The Morgan fingerprint density at radius 2 is 1.96 bits per heavy atom. The predicted octanol–water partition coefficient (Wildman–Crippen LogP) is 3.00. The summed E-state index contributed by atoms with van der Waals surface area (Å²) in [7, 11) is -3.73. The lowest BCUT2D eigenvalue weighted by molar-refractivity contribution is -0.118. The van der Waals surface area contributed by atoms with E-state index in [0.29, 0.717) is 10.8 Å². The number of carbonyl (C=O) groups is 1. The molecule has 0 aliphatic rings. The van der Waals surface area contributed by atoms with Gasteiger partial charge in [-0.2, -0.15) is 11.8 Å². The van der Waals surface area contributed by atoms with Gasteiger partial charge in [-0.3, -0.25) is 4.79 Å². The maximum atomic E-state index is 12.2. The molecule has 0 fully saturated rings. The molecule has 1 aromatic heterocycles. The average molecular weight is 435 g/mol. The summed E-state index contributed by atoms with van der Waals surface area (Å²) in [6.07, 6.45) is 0. The number of nitrogens with one attached hydrogen (secondary N) is 2. The predicted molar refractivity (Wildman–Crippen MR) is 106 cm³/mol. The molecule has 0 radical (unpaired) electrons. The zero-order valence-corrected chi connectivity index (χ0v) is 17.4. The first-order valence-corrected chi connectivity index (χ1v) is 11.6. The van der Waals surface area contributed by atoms with E-state index in [1.165, 1.54) is 0 Å². The van der Waals surface area contributed by atoms with Crippen molar-refractivity contribution in [2.24, 2.45) is 5.92 Å². The van der Waals surface area contributed by atoms with Gasteiger partial charge in [0.1, 0.15) is 0 Å². The normalized spacial score (nSPS) is 11.7. The van der Waals surface area contributed by atoms with E-state index in [2.05, 4.69) is 20.2 Å². The van der Waals surface area contributed by atoms with Crippen molar-refractivity contribution in [2.75, 3.05) is 17.6 Å². The van der Waals surface area contributed by atoms with Crippen molar-refractivity contribution >= 4 is 55.8 Å². The van der Waals surface area contributed by atoms with E-state index in [-0.39, 0.29) is 27.8 Å². The van der Waals surface area contributed by atoms with E-state index in [1.807, 2.05) is 24.3 Å². The van der Waals surface area contributed by atoms with Crippen LogP contribution in [0.3, 0.4) is 0 Å². The highest BCUT2D eigenvalue weighted by Gasteiger charge is 2.20. The van der Waals surface area contributed by atoms with E-state index in [0.717, 1.165) is 22.7 Å². The van der Waals surface area contributed by atoms with Crippen LogP contribution >= 0.6 is 34.7 Å². The number of amides is 1. The molecular formula is C15H19ClN4O3S3. The number of carbonyl (C=O) groups excluding carboxylic acids is 1. The number of halogens is 1. The Morgan fingerprint density at radius 1 is 1.27 bits per heavy atom. The van der Waals surface area contributed by atoms with Crippen LogP contribution in [0, 0.1) is 5.92 Å². The molecule has 0 atom stereocenters. The number of nitrogens with zero attached hydrogens (tertiary/aromatic N) is 2. The van der Waals surface area contributed by atoms with Crippen molar-refractivity contribution in [2.45, 2.75) is 23.9 Å². The zero-order valence-electron chi connectivity index (χ0n) is 14.2. The minimum absolute atomic E-state index is 0.167. The Kier molecular flexibility index (Phi) is 7.84. The first-order chi connectivity index (χ1) is 12.3. The molecule has 1 amide bonds. The zero-order chi connectivity index (χ0) is 19.2. The van der Waals surface area contributed by atoms with Crippen molar-refractivity contribution in [1.29, 1.82) is 0 Å². The second kappa shape index (κ2) is 9.65. The smallest absolute Gasteiger partial charge is 0.269 e. The summed E-state index contributed by atoms with van der Waals surface area (Å²) >= 11 is 8.26. The van der Waals surface area contributed by atoms with E-state index in [4.69, 9.17) is 11.6 Å². The number of hydrogen-bond acceptors (Lipinski definition) is 7. The molecule has 11 heteroatoms. The van der Waals surface area contributed by atoms with Gasteiger partial charge < -0.3 is 5.32 Å². The number of aromatic nitrogens is 2. The van der Waals surface area contributed by atoms with Crippen molar-refractivity contribution in [3.05, 3.63) is 34.9 Å². The van der Waals surface area contributed by atoms with Crippen molar-refractivity contribution in [3.63, 3.8) is 0 Å². The second-order valence-electron chi connectivity index (χ2n) is 5.59. The van der Waals surface area contributed by atoms with Gasteiger partial charge in [0.25, 0.3) is 10.0 Å². The summed E-state index contributed by atoms with van der Waals surface area (Å²) in [5.74, 6) is 0.909. The Labute approximate surface area is 166 Å². The maximum absolute atomic E-state index is 12.2. The Morgan fingerprint density at radius 3 is 2.62 bits per heavy atom. The van der Waals surface area contributed by atoms with Gasteiger partial charge in [-0.05, 0) is 17.7 Å². The van der Waals surface area contributed by atoms with E-state index in [9.17, 15) is 13.2 Å². The van der Waals surface area contributed by atoms with Gasteiger partial charge in [0, 0.05) is 29.0 Å². The molecule has 0 spiro atoms. The molecule has 0 saturated heterocycles. The number of thioether (sulfide) groups is 1. The van der Waals surface area contributed by atoms with Gasteiger partial charge in [0.05, 0.1) is 0 Å². The fourth-order valence-corrected chi connectivity index (χ4v) is 4.75. The summed E-state index contributed by atoms with van der Waals surface area (Å²) < 4.78 is 26.7. The summed E-state index contributed by atoms with van der Waals surface area (Å²) in [6.45, 7) is 3.74. The Bertz CT molecular complexity index is 838. The molecule has 0 saturated carbocycles. The van der Waals surface area contributed by atoms with Gasteiger partial charge >= 0.3 is 0 Å². The number of anilines is 1. The largest absolute Gasteiger partial charge is 0.300 e. The van der Waals surface area contributed by atoms with E-state index in [1.54, 1.807) is 25.6 Å². The van der Waals surface area contributed by atoms with Crippen LogP contribution in [0.5, 0.6) is 0 Å². The first kappa shape index (κ1) is 21.1. The molecule has 26 heavy (non-hydrogen) atoms. The van der Waals surface area contributed by atoms with Crippen LogP contribution in [0.4, 0.5) is 5.13 Å². The lowest BCUT2D eigenvalue weighted by atomic mass is 10.2. The van der Waals surface area contributed by atoms with Gasteiger partial charge in [-0.1, -0.05) is 48.9 Å². The highest BCUT2D eigenvalue weighted by molar-refractivity contribution is 7.98. The van der Waals surface area contributed by atoms with Crippen LogP contribution in [0.2, 0.25) is 5.02 Å². The Balaban J connectivity index is 1.78. The lowest BCUT2D eigenvalue weighted by Gasteiger charge is -2.04. The van der Waals surface area contributed by atoms with Crippen molar-refractivity contribution < 1.29 is 13.2 Å². The third-order valence-electron chi connectivity index (χ3n) is 3.11. The van der Waals surface area contributed by atoms with E-state index < -0.39 is 10.0 Å².